The summed E-state index contributed by atoms with van der Waals surface area (Å²) in [6.07, 6.45) is 0.0344. The largest absolute Gasteiger partial charge is 0.294 e. The van der Waals surface area contributed by atoms with Gasteiger partial charge in [-0.25, -0.2) is 16.8 Å². The normalized spacial score (nSPS) is 20.8. The van der Waals surface area contributed by atoms with Crippen LogP contribution in [-0.4, -0.2) is 28.4 Å². The number of hydrogen-bond donors (Lipinski definition) is 0. The molecule has 4 aromatic carbocycles. The van der Waals surface area contributed by atoms with Crippen LogP contribution in [0.2, 0.25) is 0 Å². The molecular formula is C30H24O6S2. The molecule has 2 aliphatic heterocycles. The minimum absolute atomic E-state index is 0.0172. The molecular weight excluding hydrogens is 520 g/mol. The molecule has 0 aliphatic carbocycles. The number of rotatable bonds is 2. The third-order valence-electron chi connectivity index (χ3n) is 6.82. The van der Waals surface area contributed by atoms with Crippen LogP contribution in [0, 0.1) is 0 Å². The molecule has 2 heterocycles. The van der Waals surface area contributed by atoms with Gasteiger partial charge >= 0.3 is 0 Å². The van der Waals surface area contributed by atoms with Gasteiger partial charge in [0.05, 0.1) is 20.3 Å². The first kappa shape index (κ1) is 25.8. The fourth-order valence-electron chi connectivity index (χ4n) is 4.90. The van der Waals surface area contributed by atoms with E-state index in [-0.39, 0.29) is 34.2 Å². The minimum Gasteiger partial charge on any atom is -0.294 e. The molecule has 0 aromatic heterocycles. The monoisotopic (exact) mass is 544 g/mol. The summed E-state index contributed by atoms with van der Waals surface area (Å²) in [5, 5.41) is -1.54. The highest BCUT2D eigenvalue weighted by Crippen LogP contribution is 2.40. The summed E-state index contributed by atoms with van der Waals surface area (Å²) in [6, 6.07) is 30.7. The van der Waals surface area contributed by atoms with Gasteiger partial charge < -0.3 is 0 Å². The molecule has 6 rings (SSSR count). The van der Waals surface area contributed by atoms with Gasteiger partial charge in [0.1, 0.15) is 0 Å². The third kappa shape index (κ3) is 4.61. The minimum atomic E-state index is -3.49. The predicted octanol–water partition coefficient (Wildman–Crippen LogP) is 5.58. The fourth-order valence-corrected chi connectivity index (χ4v) is 8.80. The lowest BCUT2D eigenvalue weighted by Crippen LogP contribution is -2.25. The van der Waals surface area contributed by atoms with Crippen LogP contribution < -0.4 is 0 Å². The number of benzene rings is 4. The van der Waals surface area contributed by atoms with Crippen molar-refractivity contribution in [2.24, 2.45) is 0 Å². The predicted molar refractivity (Wildman–Crippen MR) is 144 cm³/mol. The van der Waals surface area contributed by atoms with E-state index in [4.69, 9.17) is 0 Å². The van der Waals surface area contributed by atoms with E-state index >= 15 is 0 Å². The zero-order valence-corrected chi connectivity index (χ0v) is 21.9. The third-order valence-corrected chi connectivity index (χ3v) is 11.1. The molecule has 4 aromatic rings. The Bertz CT molecular complexity index is 1600. The van der Waals surface area contributed by atoms with Crippen molar-refractivity contribution in [2.45, 2.75) is 33.1 Å². The van der Waals surface area contributed by atoms with Crippen LogP contribution in [0.25, 0.3) is 0 Å². The van der Waals surface area contributed by atoms with Gasteiger partial charge in [-0.15, -0.1) is 0 Å². The number of carbonyl (C=O) groups excluding carboxylic acids is 2. The summed E-state index contributed by atoms with van der Waals surface area (Å²) < 4.78 is 50.4. The van der Waals surface area contributed by atoms with Crippen molar-refractivity contribution in [3.8, 4) is 0 Å². The maximum Gasteiger partial charge on any atom is 0.186 e. The Balaban J connectivity index is 0.000000155. The molecule has 0 radical (unpaired) electrons. The molecule has 0 saturated heterocycles. The Hall–Kier alpha value is -3.88. The van der Waals surface area contributed by atoms with E-state index in [1.54, 1.807) is 84.9 Å². The number of hydrogen-bond acceptors (Lipinski definition) is 6. The molecule has 2 aliphatic rings. The summed E-state index contributed by atoms with van der Waals surface area (Å²) in [5.74, 6) is -0.224. The Kier molecular flexibility index (Phi) is 6.86. The molecule has 0 fully saturated rings. The first-order chi connectivity index (χ1) is 18.2. The zero-order valence-electron chi connectivity index (χ0n) is 20.2. The van der Waals surface area contributed by atoms with E-state index in [1.165, 1.54) is 12.1 Å². The van der Waals surface area contributed by atoms with Crippen molar-refractivity contribution in [3.05, 3.63) is 131 Å². The topological polar surface area (TPSA) is 102 Å². The van der Waals surface area contributed by atoms with Gasteiger partial charge in [0.25, 0.3) is 0 Å². The quantitative estimate of drug-likeness (QED) is 0.327. The van der Waals surface area contributed by atoms with Crippen LogP contribution in [-0.2, 0) is 19.7 Å². The van der Waals surface area contributed by atoms with Crippen LogP contribution in [0.1, 0.15) is 55.2 Å². The molecule has 0 spiro atoms. The highest BCUT2D eigenvalue weighted by Gasteiger charge is 2.39. The van der Waals surface area contributed by atoms with E-state index < -0.39 is 30.2 Å². The molecule has 8 heteroatoms. The summed E-state index contributed by atoms with van der Waals surface area (Å²) >= 11 is 0. The van der Waals surface area contributed by atoms with Crippen molar-refractivity contribution in [3.63, 3.8) is 0 Å². The average Bonchev–Trinajstić information content (AvgIpc) is 2.94. The lowest BCUT2D eigenvalue weighted by Gasteiger charge is -2.24. The molecule has 0 bridgehead atoms. The molecule has 38 heavy (non-hydrogen) atoms. The summed E-state index contributed by atoms with van der Waals surface area (Å²) in [5.41, 5.74) is 1.97. The Morgan fingerprint density at radius 1 is 0.447 bits per heavy atom. The highest BCUT2D eigenvalue weighted by atomic mass is 32.2. The Labute approximate surface area is 221 Å². The number of sulfone groups is 2. The molecule has 192 valence electrons. The Morgan fingerprint density at radius 3 is 1.13 bits per heavy atom. The van der Waals surface area contributed by atoms with Gasteiger partial charge in [-0.1, -0.05) is 97.1 Å². The fraction of sp³-hybridized carbons (Fsp3) is 0.133. The van der Waals surface area contributed by atoms with E-state index in [0.29, 0.717) is 22.3 Å². The second-order valence-electron chi connectivity index (χ2n) is 9.14. The van der Waals surface area contributed by atoms with Gasteiger partial charge in [-0.2, -0.15) is 0 Å². The van der Waals surface area contributed by atoms with Crippen LogP contribution in [0.5, 0.6) is 0 Å². The SMILES string of the molecule is O=C1C[C@@H](c2ccccc2)S(=O)(=O)c2ccccc21.O=C1C[C@@H](c2ccccc2)S(=O)(=O)c2ccccc21. The zero-order chi connectivity index (χ0) is 26.9. The smallest absolute Gasteiger partial charge is 0.186 e. The summed E-state index contributed by atoms with van der Waals surface area (Å²) in [6.45, 7) is 0. The van der Waals surface area contributed by atoms with Gasteiger partial charge in [-0.3, -0.25) is 9.59 Å². The second-order valence-corrected chi connectivity index (χ2v) is 13.3. The van der Waals surface area contributed by atoms with Crippen LogP contribution in [0.4, 0.5) is 0 Å². The first-order valence-corrected chi connectivity index (χ1v) is 15.1. The maximum absolute atomic E-state index is 12.6. The van der Waals surface area contributed by atoms with E-state index in [2.05, 4.69) is 0 Å². The number of fused-ring (bicyclic) bond motifs is 2. The van der Waals surface area contributed by atoms with E-state index in [0.717, 1.165) is 0 Å². The van der Waals surface area contributed by atoms with Crippen molar-refractivity contribution < 1.29 is 26.4 Å². The van der Waals surface area contributed by atoms with Crippen LogP contribution in [0.3, 0.4) is 0 Å². The number of ketones is 2. The van der Waals surface area contributed by atoms with Gasteiger partial charge in [0.15, 0.2) is 31.2 Å². The van der Waals surface area contributed by atoms with Crippen molar-refractivity contribution in [2.75, 3.05) is 0 Å². The van der Waals surface area contributed by atoms with Gasteiger partial charge in [-0.05, 0) is 23.3 Å². The second kappa shape index (κ2) is 10.1. The lowest BCUT2D eigenvalue weighted by atomic mass is 10.0. The average molecular weight is 545 g/mol. The molecule has 0 saturated carbocycles. The molecule has 6 nitrogen and oxygen atoms in total. The molecule has 0 unspecified atom stereocenters. The highest BCUT2D eigenvalue weighted by molar-refractivity contribution is 7.92. The van der Waals surface area contributed by atoms with Crippen LogP contribution >= 0.6 is 0 Å². The van der Waals surface area contributed by atoms with E-state index in [9.17, 15) is 26.4 Å². The first-order valence-electron chi connectivity index (χ1n) is 12.0. The number of carbonyl (C=O) groups is 2. The molecule has 0 N–H and O–H groups in total. The Morgan fingerprint density at radius 2 is 0.763 bits per heavy atom. The maximum atomic E-state index is 12.6. The van der Waals surface area contributed by atoms with Crippen LogP contribution in [0.15, 0.2) is 119 Å². The molecule has 2 atom stereocenters. The molecule has 0 amide bonds. The lowest BCUT2D eigenvalue weighted by molar-refractivity contribution is 0.0966. The van der Waals surface area contributed by atoms with E-state index in [1.807, 2.05) is 12.1 Å². The van der Waals surface area contributed by atoms with Gasteiger partial charge in [0, 0.05) is 24.0 Å². The van der Waals surface area contributed by atoms with Crippen molar-refractivity contribution in [1.82, 2.24) is 0 Å². The summed E-state index contributed by atoms with van der Waals surface area (Å²) in [7, 11) is -6.98. The standard InChI is InChI=1S/2C15H12O3S/c2*16-13-10-15(11-6-2-1-3-7-11)19(17,18)14-9-5-4-8-12(13)14/h2*1-9,15H,10H2/t2*15-/m00/s1. The van der Waals surface area contributed by atoms with Crippen molar-refractivity contribution >= 4 is 31.2 Å². The summed E-state index contributed by atoms with van der Waals surface area (Å²) in [4.78, 5) is 24.5. The number of Topliss-reactive ketones (excluding diaryl/α,β-unsaturated/α-hetero) is 2. The van der Waals surface area contributed by atoms with Crippen molar-refractivity contribution in [1.29, 1.82) is 0 Å². The van der Waals surface area contributed by atoms with Gasteiger partial charge in [0.2, 0.25) is 0 Å².